The lowest BCUT2D eigenvalue weighted by molar-refractivity contribution is 0.112. The fourth-order valence-electron chi connectivity index (χ4n) is 3.07. The fourth-order valence-corrected chi connectivity index (χ4v) is 3.07. The van der Waals surface area contributed by atoms with Crippen molar-refractivity contribution < 1.29 is 4.79 Å². The van der Waals surface area contributed by atoms with E-state index < -0.39 is 0 Å². The quantitative estimate of drug-likeness (QED) is 0.809. The minimum Gasteiger partial charge on any atom is -0.346 e. The molecule has 114 valence electrons. The molecule has 0 bridgehead atoms. The maximum absolute atomic E-state index is 11.1. The van der Waals surface area contributed by atoms with Gasteiger partial charge < -0.3 is 9.47 Å². The molecule has 3 rings (SSSR count). The van der Waals surface area contributed by atoms with Crippen molar-refractivity contribution in [2.24, 2.45) is 0 Å². The van der Waals surface area contributed by atoms with Crippen molar-refractivity contribution in [3.8, 4) is 0 Å². The SMILES string of the molecule is CN(C)CCC=C1c2ccccc2CCn2cc(C=O)cc21. The normalized spacial score (nSPS) is 15.5. The monoisotopic (exact) mass is 294 g/mol. The maximum atomic E-state index is 11.1. The summed E-state index contributed by atoms with van der Waals surface area (Å²) in [5.41, 5.74) is 5.85. The van der Waals surface area contributed by atoms with Crippen LogP contribution in [0.15, 0.2) is 42.6 Å². The summed E-state index contributed by atoms with van der Waals surface area (Å²) in [5, 5.41) is 0. The van der Waals surface area contributed by atoms with E-state index in [0.29, 0.717) is 0 Å². The lowest BCUT2D eigenvalue weighted by Gasteiger charge is -2.12. The number of carbonyl (C=O) groups excluding carboxylic acids is 1. The zero-order chi connectivity index (χ0) is 15.5. The average molecular weight is 294 g/mol. The molecule has 1 aliphatic heterocycles. The van der Waals surface area contributed by atoms with E-state index >= 15 is 0 Å². The van der Waals surface area contributed by atoms with Crippen LogP contribution in [0.1, 0.15) is 33.6 Å². The van der Waals surface area contributed by atoms with Crippen molar-refractivity contribution in [2.45, 2.75) is 19.4 Å². The Morgan fingerprint density at radius 1 is 1.27 bits per heavy atom. The number of aldehydes is 1. The molecule has 0 radical (unpaired) electrons. The van der Waals surface area contributed by atoms with Crippen LogP contribution in [-0.2, 0) is 13.0 Å². The molecule has 0 atom stereocenters. The first-order chi connectivity index (χ1) is 10.7. The molecule has 1 aromatic heterocycles. The number of aryl methyl sites for hydroxylation is 2. The predicted molar refractivity (Wildman–Crippen MR) is 90.2 cm³/mol. The van der Waals surface area contributed by atoms with E-state index in [4.69, 9.17) is 0 Å². The van der Waals surface area contributed by atoms with Crippen molar-refractivity contribution in [2.75, 3.05) is 20.6 Å². The maximum Gasteiger partial charge on any atom is 0.151 e. The van der Waals surface area contributed by atoms with E-state index in [1.54, 1.807) is 0 Å². The zero-order valence-corrected chi connectivity index (χ0v) is 13.2. The minimum atomic E-state index is 0.757. The molecule has 0 saturated heterocycles. The molecule has 22 heavy (non-hydrogen) atoms. The Morgan fingerprint density at radius 3 is 2.86 bits per heavy atom. The van der Waals surface area contributed by atoms with Gasteiger partial charge in [-0.2, -0.15) is 0 Å². The van der Waals surface area contributed by atoms with E-state index in [0.717, 1.165) is 43.5 Å². The lowest BCUT2D eigenvalue weighted by atomic mass is 9.96. The zero-order valence-electron chi connectivity index (χ0n) is 13.2. The Kier molecular flexibility index (Phi) is 4.25. The molecule has 0 spiro atoms. The van der Waals surface area contributed by atoms with Crippen molar-refractivity contribution in [1.29, 1.82) is 0 Å². The van der Waals surface area contributed by atoms with Crippen LogP contribution in [-0.4, -0.2) is 36.4 Å². The Hall–Kier alpha value is -2.13. The summed E-state index contributed by atoms with van der Waals surface area (Å²) in [4.78, 5) is 13.3. The summed E-state index contributed by atoms with van der Waals surface area (Å²) >= 11 is 0. The highest BCUT2D eigenvalue weighted by atomic mass is 16.1. The third-order valence-electron chi connectivity index (χ3n) is 4.18. The van der Waals surface area contributed by atoms with Gasteiger partial charge in [0.15, 0.2) is 6.29 Å². The first-order valence-electron chi connectivity index (χ1n) is 7.78. The van der Waals surface area contributed by atoms with Crippen LogP contribution in [0.4, 0.5) is 0 Å². The van der Waals surface area contributed by atoms with Crippen molar-refractivity contribution in [3.05, 3.63) is 65.0 Å². The number of benzene rings is 1. The third kappa shape index (κ3) is 2.90. The summed E-state index contributed by atoms with van der Waals surface area (Å²) in [5.74, 6) is 0. The largest absolute Gasteiger partial charge is 0.346 e. The number of hydrogen-bond donors (Lipinski definition) is 0. The van der Waals surface area contributed by atoms with Gasteiger partial charge in [-0.3, -0.25) is 4.79 Å². The highest BCUT2D eigenvalue weighted by Gasteiger charge is 2.18. The third-order valence-corrected chi connectivity index (χ3v) is 4.18. The van der Waals surface area contributed by atoms with E-state index in [1.165, 1.54) is 16.7 Å². The molecule has 0 unspecified atom stereocenters. The van der Waals surface area contributed by atoms with Crippen LogP contribution in [0.3, 0.4) is 0 Å². The number of rotatable bonds is 4. The summed E-state index contributed by atoms with van der Waals surface area (Å²) < 4.78 is 2.21. The molecule has 0 amide bonds. The van der Waals surface area contributed by atoms with E-state index in [9.17, 15) is 4.79 Å². The number of nitrogens with zero attached hydrogens (tertiary/aromatic N) is 2. The van der Waals surface area contributed by atoms with Gasteiger partial charge in [-0.05, 0) is 44.1 Å². The molecule has 1 aromatic carbocycles. The van der Waals surface area contributed by atoms with Gasteiger partial charge in [-0.1, -0.05) is 30.3 Å². The van der Waals surface area contributed by atoms with Gasteiger partial charge in [-0.15, -0.1) is 0 Å². The minimum absolute atomic E-state index is 0.757. The van der Waals surface area contributed by atoms with Crippen molar-refractivity contribution in [1.82, 2.24) is 9.47 Å². The molecule has 1 aliphatic rings. The second kappa shape index (κ2) is 6.32. The molecule has 3 heteroatoms. The van der Waals surface area contributed by atoms with Crippen LogP contribution in [0, 0.1) is 0 Å². The molecule has 0 fully saturated rings. The van der Waals surface area contributed by atoms with Crippen LogP contribution < -0.4 is 0 Å². The molecule has 0 N–H and O–H groups in total. The van der Waals surface area contributed by atoms with Gasteiger partial charge in [0.1, 0.15) is 0 Å². The Bertz CT molecular complexity index is 710. The standard InChI is InChI=1S/C19H22N2O/c1-20(2)10-5-8-18-17-7-4-3-6-16(17)9-11-21-13-15(14-22)12-19(18)21/h3-4,6-8,12-14H,5,9-11H2,1-2H3. The van der Waals surface area contributed by atoms with Crippen LogP contribution in [0.2, 0.25) is 0 Å². The smallest absolute Gasteiger partial charge is 0.151 e. The summed E-state index contributed by atoms with van der Waals surface area (Å²) in [6, 6.07) is 10.6. The topological polar surface area (TPSA) is 25.2 Å². The van der Waals surface area contributed by atoms with E-state index in [1.807, 2.05) is 12.3 Å². The molecule has 0 saturated carbocycles. The molecular weight excluding hydrogens is 272 g/mol. The van der Waals surface area contributed by atoms with Crippen LogP contribution in [0.5, 0.6) is 0 Å². The highest BCUT2D eigenvalue weighted by Crippen LogP contribution is 2.31. The van der Waals surface area contributed by atoms with Gasteiger partial charge in [0, 0.05) is 36.1 Å². The second-order valence-electron chi connectivity index (χ2n) is 6.09. The number of aromatic nitrogens is 1. The number of hydrogen-bond acceptors (Lipinski definition) is 2. The number of carbonyl (C=O) groups is 1. The Balaban J connectivity index is 2.07. The van der Waals surface area contributed by atoms with E-state index in [-0.39, 0.29) is 0 Å². The average Bonchev–Trinajstić information content (AvgIpc) is 2.87. The van der Waals surface area contributed by atoms with Crippen LogP contribution in [0.25, 0.3) is 5.57 Å². The molecule has 3 nitrogen and oxygen atoms in total. The van der Waals surface area contributed by atoms with Gasteiger partial charge in [0.05, 0.1) is 0 Å². The van der Waals surface area contributed by atoms with Crippen LogP contribution >= 0.6 is 0 Å². The molecular formula is C19H22N2O. The Labute approximate surface area is 131 Å². The van der Waals surface area contributed by atoms with Gasteiger partial charge >= 0.3 is 0 Å². The highest BCUT2D eigenvalue weighted by molar-refractivity contribution is 5.84. The van der Waals surface area contributed by atoms with Gasteiger partial charge in [0.2, 0.25) is 0 Å². The summed E-state index contributed by atoms with van der Waals surface area (Å²) in [6.45, 7) is 1.94. The fraction of sp³-hybridized carbons (Fsp3) is 0.316. The Morgan fingerprint density at radius 2 is 2.09 bits per heavy atom. The summed E-state index contributed by atoms with van der Waals surface area (Å²) in [6.07, 6.45) is 7.21. The molecule has 2 aromatic rings. The first kappa shape index (κ1) is 14.8. The van der Waals surface area contributed by atoms with Gasteiger partial charge in [-0.25, -0.2) is 0 Å². The first-order valence-corrected chi connectivity index (χ1v) is 7.78. The summed E-state index contributed by atoms with van der Waals surface area (Å²) in [7, 11) is 4.18. The predicted octanol–water partition coefficient (Wildman–Crippen LogP) is 3.24. The lowest BCUT2D eigenvalue weighted by Crippen LogP contribution is -2.12. The molecule has 0 aliphatic carbocycles. The van der Waals surface area contributed by atoms with Crippen molar-refractivity contribution >= 4 is 11.9 Å². The van der Waals surface area contributed by atoms with Crippen molar-refractivity contribution in [3.63, 3.8) is 0 Å². The van der Waals surface area contributed by atoms with E-state index in [2.05, 4.69) is 53.9 Å². The second-order valence-corrected chi connectivity index (χ2v) is 6.09. The van der Waals surface area contributed by atoms with Gasteiger partial charge in [0.25, 0.3) is 0 Å². The molecule has 2 heterocycles. The number of fused-ring (bicyclic) bond motifs is 2.